The van der Waals surface area contributed by atoms with Gasteiger partial charge in [-0.05, 0) is 11.5 Å². The van der Waals surface area contributed by atoms with Crippen molar-refractivity contribution in [2.75, 3.05) is 0 Å². The van der Waals surface area contributed by atoms with E-state index in [0.29, 0.717) is 6.42 Å². The molecule has 0 aliphatic carbocycles. The van der Waals surface area contributed by atoms with E-state index in [0.717, 1.165) is 0 Å². The number of nitrogens with zero attached hydrogens (tertiary/aromatic N) is 1. The highest BCUT2D eigenvalue weighted by atomic mass is 35.5. The van der Waals surface area contributed by atoms with E-state index >= 15 is 0 Å². The van der Waals surface area contributed by atoms with E-state index in [9.17, 15) is 14.7 Å². The number of rotatable bonds is 4. The fourth-order valence-electron chi connectivity index (χ4n) is 2.58. The minimum Gasteiger partial charge on any atom is -0.480 e. The van der Waals surface area contributed by atoms with Gasteiger partial charge in [0.05, 0.1) is 5.92 Å². The van der Waals surface area contributed by atoms with Gasteiger partial charge in [-0.3, -0.25) is 4.79 Å². The van der Waals surface area contributed by atoms with Gasteiger partial charge in [-0.15, -0.1) is 0 Å². The van der Waals surface area contributed by atoms with Crippen molar-refractivity contribution in [2.24, 2.45) is 5.92 Å². The highest BCUT2D eigenvalue weighted by Crippen LogP contribution is 2.47. The van der Waals surface area contributed by atoms with Crippen LogP contribution in [-0.4, -0.2) is 47.5 Å². The summed E-state index contributed by atoms with van der Waals surface area (Å²) in [6, 6.07) is -0.726. The van der Waals surface area contributed by atoms with E-state index in [1.807, 2.05) is 0 Å². The average Bonchev–Trinajstić information content (AvgIpc) is 2.95. The number of epoxide rings is 1. The Bertz CT molecular complexity index is 448. The Morgan fingerprint density at radius 1 is 1.45 bits per heavy atom. The molecule has 1 amide bonds. The monoisotopic (exact) mass is 319 g/mol. The van der Waals surface area contributed by atoms with Gasteiger partial charge in [-0.25, -0.2) is 4.79 Å². The molecule has 0 aromatic rings. The van der Waals surface area contributed by atoms with E-state index < -0.39 is 26.2 Å². The third-order valence-electron chi connectivity index (χ3n) is 4.91. The van der Waals surface area contributed by atoms with Crippen molar-refractivity contribution >= 4 is 31.7 Å². The Kier molecular flexibility index (Phi) is 3.72. The topological polar surface area (TPSA) is 70.1 Å². The fraction of sp³-hybridized carbons (Fsp3) is 0.846. The number of alkyl halides is 1. The summed E-state index contributed by atoms with van der Waals surface area (Å²) in [7, 11) is -2.17. The van der Waals surface area contributed by atoms with Crippen molar-refractivity contribution in [3.63, 3.8) is 0 Å². The van der Waals surface area contributed by atoms with Gasteiger partial charge in [0, 0.05) is 0 Å². The summed E-state index contributed by atoms with van der Waals surface area (Å²) < 4.78 is 6.75. The zero-order chi connectivity index (χ0) is 15.5. The Balaban J connectivity index is 2.18. The summed E-state index contributed by atoms with van der Waals surface area (Å²) in [5.74, 6) is -1.47. The van der Waals surface area contributed by atoms with Crippen LogP contribution in [0.1, 0.15) is 27.2 Å². The van der Waals surface area contributed by atoms with Gasteiger partial charge in [0.25, 0.3) is 0 Å². The molecule has 2 saturated heterocycles. The van der Waals surface area contributed by atoms with E-state index in [2.05, 4.69) is 33.9 Å². The molecular formula is C13H22ClNO4Si. The zero-order valence-corrected chi connectivity index (χ0v) is 14.3. The van der Waals surface area contributed by atoms with Crippen LogP contribution in [0.2, 0.25) is 18.1 Å². The average molecular weight is 320 g/mol. The number of carbonyl (C=O) groups excluding carboxylic acids is 1. The van der Waals surface area contributed by atoms with Crippen LogP contribution in [0.4, 0.5) is 0 Å². The van der Waals surface area contributed by atoms with Gasteiger partial charge in [-0.2, -0.15) is 0 Å². The normalized spacial score (nSPS) is 33.9. The highest BCUT2D eigenvalue weighted by molar-refractivity contribution is 6.80. The van der Waals surface area contributed by atoms with Crippen molar-refractivity contribution in [2.45, 2.75) is 63.0 Å². The van der Waals surface area contributed by atoms with Crippen LogP contribution in [0, 0.1) is 5.92 Å². The molecule has 4 atom stereocenters. The SMILES string of the molecule is CC(C)(C)[Si](C)(C)N1C(=O)[C@H](CC2OC2Cl)[C@H]1C(=O)O. The van der Waals surface area contributed by atoms with Crippen molar-refractivity contribution < 1.29 is 19.4 Å². The molecule has 5 nitrogen and oxygen atoms in total. The molecule has 2 aliphatic rings. The van der Waals surface area contributed by atoms with E-state index in [1.54, 1.807) is 4.57 Å². The Morgan fingerprint density at radius 2 is 1.95 bits per heavy atom. The van der Waals surface area contributed by atoms with E-state index in [4.69, 9.17) is 16.3 Å². The molecule has 0 bridgehead atoms. The second kappa shape index (κ2) is 4.71. The number of hydrogen-bond donors (Lipinski definition) is 1. The van der Waals surface area contributed by atoms with Gasteiger partial charge < -0.3 is 14.4 Å². The minimum atomic E-state index is -2.17. The molecule has 2 fully saturated rings. The van der Waals surface area contributed by atoms with Crippen molar-refractivity contribution in [1.82, 2.24) is 4.57 Å². The van der Waals surface area contributed by atoms with Crippen LogP contribution in [0.3, 0.4) is 0 Å². The summed E-state index contributed by atoms with van der Waals surface area (Å²) in [6.45, 7) is 10.3. The molecule has 0 aromatic carbocycles. The van der Waals surface area contributed by atoms with Crippen LogP contribution in [-0.2, 0) is 14.3 Å². The molecular weight excluding hydrogens is 298 g/mol. The summed E-state index contributed by atoms with van der Waals surface area (Å²) in [5, 5.41) is 9.40. The summed E-state index contributed by atoms with van der Waals surface area (Å²) in [4.78, 5) is 24.0. The zero-order valence-electron chi connectivity index (χ0n) is 12.5. The van der Waals surface area contributed by atoms with E-state index in [-0.39, 0.29) is 22.6 Å². The molecule has 1 N–H and O–H groups in total. The van der Waals surface area contributed by atoms with E-state index in [1.165, 1.54) is 0 Å². The summed E-state index contributed by atoms with van der Waals surface area (Å²) in [5.41, 5.74) is -0.362. The molecule has 0 radical (unpaired) electrons. The van der Waals surface area contributed by atoms with Gasteiger partial charge in [-0.1, -0.05) is 45.5 Å². The van der Waals surface area contributed by atoms with Gasteiger partial charge in [0.15, 0.2) is 13.8 Å². The Labute approximate surface area is 125 Å². The molecule has 2 heterocycles. The maximum atomic E-state index is 12.4. The van der Waals surface area contributed by atoms with Gasteiger partial charge in [0.2, 0.25) is 5.91 Å². The third-order valence-corrected chi connectivity index (χ3v) is 10.7. The first-order valence-electron chi connectivity index (χ1n) is 6.84. The number of amides is 1. The lowest BCUT2D eigenvalue weighted by molar-refractivity contribution is -0.164. The fourth-order valence-corrected chi connectivity index (χ4v) is 5.24. The van der Waals surface area contributed by atoms with Crippen molar-refractivity contribution in [1.29, 1.82) is 0 Å². The maximum absolute atomic E-state index is 12.4. The van der Waals surface area contributed by atoms with Crippen LogP contribution < -0.4 is 0 Å². The van der Waals surface area contributed by atoms with Crippen molar-refractivity contribution in [3.8, 4) is 0 Å². The van der Waals surface area contributed by atoms with Crippen LogP contribution in [0.15, 0.2) is 0 Å². The smallest absolute Gasteiger partial charge is 0.326 e. The molecule has 0 saturated carbocycles. The molecule has 7 heteroatoms. The molecule has 2 unspecified atom stereocenters. The number of carbonyl (C=O) groups is 2. The maximum Gasteiger partial charge on any atom is 0.326 e. The Morgan fingerprint density at radius 3 is 2.30 bits per heavy atom. The predicted molar refractivity (Wildman–Crippen MR) is 78.1 cm³/mol. The summed E-state index contributed by atoms with van der Waals surface area (Å²) in [6.07, 6.45) is 0.240. The molecule has 20 heavy (non-hydrogen) atoms. The van der Waals surface area contributed by atoms with Crippen LogP contribution >= 0.6 is 11.6 Å². The number of ether oxygens (including phenoxy) is 1. The first-order valence-corrected chi connectivity index (χ1v) is 10.2. The largest absolute Gasteiger partial charge is 0.480 e. The van der Waals surface area contributed by atoms with Gasteiger partial charge >= 0.3 is 5.97 Å². The molecule has 2 rings (SSSR count). The predicted octanol–water partition coefficient (Wildman–Crippen LogP) is 2.26. The Hall–Kier alpha value is -0.593. The van der Waals surface area contributed by atoms with Crippen LogP contribution in [0.25, 0.3) is 0 Å². The molecule has 0 aromatic heterocycles. The second-order valence-electron chi connectivity index (χ2n) is 7.17. The molecule has 2 aliphatic heterocycles. The number of carboxylic acids is 1. The van der Waals surface area contributed by atoms with Crippen LogP contribution in [0.5, 0.6) is 0 Å². The summed E-state index contributed by atoms with van der Waals surface area (Å²) >= 11 is 5.76. The van der Waals surface area contributed by atoms with Gasteiger partial charge in [0.1, 0.15) is 12.1 Å². The highest BCUT2D eigenvalue weighted by Gasteiger charge is 2.61. The number of aliphatic carboxylic acids is 1. The number of halogens is 1. The number of carboxylic acid groups (broad SMARTS) is 1. The lowest BCUT2D eigenvalue weighted by Crippen LogP contribution is -2.74. The minimum absolute atomic E-state index is 0.0524. The third kappa shape index (κ3) is 2.38. The quantitative estimate of drug-likeness (QED) is 0.373. The lowest BCUT2D eigenvalue weighted by atomic mass is 9.86. The molecule has 114 valence electrons. The first-order chi connectivity index (χ1) is 8.98. The standard InChI is InChI=1S/C13H22ClNO4Si/c1-13(2,3)20(4,5)15-9(12(17)18)7(11(15)16)6-8-10(14)19-8/h7-10H,6H2,1-5H3,(H,17,18)/t7-,8?,9+,10?/m1/s1. The molecule has 0 spiro atoms. The van der Waals surface area contributed by atoms with Crippen molar-refractivity contribution in [3.05, 3.63) is 0 Å². The second-order valence-corrected chi connectivity index (χ2v) is 12.7. The number of hydrogen-bond acceptors (Lipinski definition) is 3. The number of β-lactam (4-membered cyclic amide) rings is 1. The first kappa shape index (κ1) is 15.8. The lowest BCUT2D eigenvalue weighted by Gasteiger charge is -2.56.